The predicted molar refractivity (Wildman–Crippen MR) is 119 cm³/mol. The molecule has 0 unspecified atom stereocenters. The Labute approximate surface area is 181 Å². The summed E-state index contributed by atoms with van der Waals surface area (Å²) in [6, 6.07) is 16.7. The van der Waals surface area contributed by atoms with Gasteiger partial charge in [-0.05, 0) is 29.0 Å². The van der Waals surface area contributed by atoms with Crippen molar-refractivity contribution in [2.45, 2.75) is 13.2 Å². The minimum Gasteiger partial charge on any atom is -0.488 e. The molecule has 3 aromatic rings. The fourth-order valence-corrected chi connectivity index (χ4v) is 3.92. The topological polar surface area (TPSA) is 33.7 Å². The number of ether oxygens (including phenoxy) is 2. The highest BCUT2D eigenvalue weighted by atomic mass is 35.5. The van der Waals surface area contributed by atoms with Gasteiger partial charge in [-0.2, -0.15) is 0 Å². The average molecular weight is 429 g/mol. The molecule has 0 aromatic heterocycles. The molecule has 1 saturated heterocycles. The van der Waals surface area contributed by atoms with E-state index in [-0.39, 0.29) is 12.4 Å². The molecule has 1 fully saturated rings. The van der Waals surface area contributed by atoms with E-state index in [1.54, 1.807) is 6.07 Å². The largest absolute Gasteiger partial charge is 0.488 e. The van der Waals surface area contributed by atoms with Crippen LogP contribution in [-0.4, -0.2) is 44.3 Å². The molecule has 0 spiro atoms. The molecule has 6 heteroatoms. The highest BCUT2D eigenvalue weighted by Gasteiger charge is 2.12. The van der Waals surface area contributed by atoms with Crippen molar-refractivity contribution in [1.82, 2.24) is 10.2 Å². The van der Waals surface area contributed by atoms with E-state index in [2.05, 4.69) is 28.4 Å². The lowest BCUT2D eigenvalue weighted by Crippen LogP contribution is -2.40. The van der Waals surface area contributed by atoms with Crippen LogP contribution in [0.2, 0.25) is 5.02 Å². The van der Waals surface area contributed by atoms with Gasteiger partial charge >= 0.3 is 0 Å². The number of rotatable bonds is 8. The third-order valence-corrected chi connectivity index (χ3v) is 5.76. The summed E-state index contributed by atoms with van der Waals surface area (Å²) in [6.07, 6.45) is 0. The zero-order valence-electron chi connectivity index (χ0n) is 16.9. The molecular formula is C24H26ClFN2O2. The van der Waals surface area contributed by atoms with E-state index in [1.807, 2.05) is 18.2 Å². The minimum atomic E-state index is -0.348. The van der Waals surface area contributed by atoms with E-state index in [4.69, 9.17) is 21.1 Å². The van der Waals surface area contributed by atoms with Crippen molar-refractivity contribution in [3.05, 3.63) is 76.6 Å². The Kier molecular flexibility index (Phi) is 7.18. The van der Waals surface area contributed by atoms with E-state index in [1.165, 1.54) is 22.9 Å². The van der Waals surface area contributed by atoms with Gasteiger partial charge in [0.1, 0.15) is 18.2 Å². The second-order valence-electron chi connectivity index (χ2n) is 7.42. The van der Waals surface area contributed by atoms with E-state index >= 15 is 0 Å². The van der Waals surface area contributed by atoms with Crippen LogP contribution in [0.5, 0.6) is 5.75 Å². The first-order valence-electron chi connectivity index (χ1n) is 10.3. The van der Waals surface area contributed by atoms with Gasteiger partial charge in [0.2, 0.25) is 0 Å². The van der Waals surface area contributed by atoms with Crippen LogP contribution in [0.1, 0.15) is 11.1 Å². The van der Waals surface area contributed by atoms with Crippen LogP contribution < -0.4 is 10.1 Å². The van der Waals surface area contributed by atoms with Gasteiger partial charge < -0.3 is 14.8 Å². The zero-order valence-corrected chi connectivity index (χ0v) is 17.6. The van der Waals surface area contributed by atoms with Crippen molar-refractivity contribution < 1.29 is 13.9 Å². The van der Waals surface area contributed by atoms with Crippen molar-refractivity contribution in [3.63, 3.8) is 0 Å². The van der Waals surface area contributed by atoms with Crippen molar-refractivity contribution in [3.8, 4) is 5.75 Å². The first-order valence-corrected chi connectivity index (χ1v) is 10.7. The van der Waals surface area contributed by atoms with Crippen LogP contribution in [0.25, 0.3) is 10.8 Å². The molecule has 4 rings (SSSR count). The fraction of sp³-hybridized carbons (Fsp3) is 0.333. The Morgan fingerprint density at radius 1 is 1.07 bits per heavy atom. The van der Waals surface area contributed by atoms with Gasteiger partial charge in [-0.25, -0.2) is 4.39 Å². The summed E-state index contributed by atoms with van der Waals surface area (Å²) in [6.45, 7) is 6.49. The second kappa shape index (κ2) is 10.2. The molecule has 0 radical (unpaired) electrons. The summed E-state index contributed by atoms with van der Waals surface area (Å²) in [5.41, 5.74) is 1.88. The summed E-state index contributed by atoms with van der Waals surface area (Å²) in [7, 11) is 0. The van der Waals surface area contributed by atoms with Crippen LogP contribution >= 0.6 is 11.6 Å². The summed E-state index contributed by atoms with van der Waals surface area (Å²) < 4.78 is 24.8. The van der Waals surface area contributed by atoms with Crippen molar-refractivity contribution in [2.24, 2.45) is 0 Å². The summed E-state index contributed by atoms with van der Waals surface area (Å²) in [5, 5.41) is 6.28. The van der Waals surface area contributed by atoms with Gasteiger partial charge in [-0.3, -0.25) is 4.90 Å². The van der Waals surface area contributed by atoms with Gasteiger partial charge in [-0.15, -0.1) is 0 Å². The fourth-order valence-electron chi connectivity index (χ4n) is 3.70. The maximum Gasteiger partial charge on any atom is 0.124 e. The summed E-state index contributed by atoms with van der Waals surface area (Å²) in [5.74, 6) is 0.465. The highest BCUT2D eigenvalue weighted by Crippen LogP contribution is 2.29. The molecule has 0 amide bonds. The molecule has 0 saturated carbocycles. The number of morpholine rings is 1. The van der Waals surface area contributed by atoms with Crippen molar-refractivity contribution >= 4 is 22.4 Å². The number of nitrogens with zero attached hydrogens (tertiary/aromatic N) is 1. The predicted octanol–water partition coefficient (Wildman–Crippen LogP) is 4.63. The highest BCUT2D eigenvalue weighted by molar-refractivity contribution is 6.31. The van der Waals surface area contributed by atoms with Crippen LogP contribution in [0.4, 0.5) is 4.39 Å². The molecular weight excluding hydrogens is 403 g/mol. The first-order chi connectivity index (χ1) is 14.7. The van der Waals surface area contributed by atoms with Crippen LogP contribution in [-0.2, 0) is 17.9 Å². The number of hydrogen-bond acceptors (Lipinski definition) is 4. The number of benzene rings is 3. The first kappa shape index (κ1) is 21.1. The molecule has 0 aliphatic carbocycles. The third kappa shape index (κ3) is 5.29. The summed E-state index contributed by atoms with van der Waals surface area (Å²) >= 11 is 6.16. The normalized spacial score (nSPS) is 14.9. The Morgan fingerprint density at radius 2 is 1.90 bits per heavy atom. The number of nitrogens with one attached hydrogen (secondary N) is 1. The lowest BCUT2D eigenvalue weighted by Gasteiger charge is -2.26. The van der Waals surface area contributed by atoms with Crippen LogP contribution in [0, 0.1) is 5.82 Å². The van der Waals surface area contributed by atoms with Gasteiger partial charge in [0.05, 0.1) is 18.2 Å². The molecule has 1 aliphatic rings. The molecule has 1 N–H and O–H groups in total. The Morgan fingerprint density at radius 3 is 2.73 bits per heavy atom. The summed E-state index contributed by atoms with van der Waals surface area (Å²) in [4.78, 5) is 2.41. The zero-order chi connectivity index (χ0) is 20.8. The molecule has 158 valence electrons. The number of halogens is 2. The SMILES string of the molecule is Fc1ccc(COc2ccc3ccccc3c2CNCCN2CCOCC2)c(Cl)c1. The standard InChI is InChI=1S/C24H26ClFN2O2/c25-23-15-20(26)7-5-19(23)17-30-24-8-6-18-3-1-2-4-21(18)22(24)16-27-9-10-28-11-13-29-14-12-28/h1-8,15,27H,9-14,16-17H2. The van der Waals surface area contributed by atoms with E-state index in [0.29, 0.717) is 11.6 Å². The van der Waals surface area contributed by atoms with Gasteiger partial charge in [-0.1, -0.05) is 48.0 Å². The molecule has 3 aromatic carbocycles. The van der Waals surface area contributed by atoms with Gasteiger partial charge in [0, 0.05) is 43.9 Å². The van der Waals surface area contributed by atoms with Gasteiger partial charge in [0.15, 0.2) is 0 Å². The lowest BCUT2D eigenvalue weighted by molar-refractivity contribution is 0.0384. The van der Waals surface area contributed by atoms with E-state index < -0.39 is 0 Å². The quantitative estimate of drug-likeness (QED) is 0.530. The molecule has 30 heavy (non-hydrogen) atoms. The number of hydrogen-bond donors (Lipinski definition) is 1. The molecule has 0 bridgehead atoms. The minimum absolute atomic E-state index is 0.290. The molecule has 0 atom stereocenters. The second-order valence-corrected chi connectivity index (χ2v) is 7.83. The maximum absolute atomic E-state index is 13.3. The van der Waals surface area contributed by atoms with E-state index in [9.17, 15) is 4.39 Å². The lowest BCUT2D eigenvalue weighted by atomic mass is 10.0. The van der Waals surface area contributed by atoms with Gasteiger partial charge in [0.25, 0.3) is 0 Å². The number of fused-ring (bicyclic) bond motifs is 1. The van der Waals surface area contributed by atoms with E-state index in [0.717, 1.165) is 56.3 Å². The maximum atomic E-state index is 13.3. The van der Waals surface area contributed by atoms with Crippen LogP contribution in [0.15, 0.2) is 54.6 Å². The van der Waals surface area contributed by atoms with Crippen molar-refractivity contribution in [1.29, 1.82) is 0 Å². The van der Waals surface area contributed by atoms with Crippen molar-refractivity contribution in [2.75, 3.05) is 39.4 Å². The molecule has 1 aliphatic heterocycles. The Bertz CT molecular complexity index is 992. The molecule has 1 heterocycles. The third-order valence-electron chi connectivity index (χ3n) is 5.41. The molecule has 4 nitrogen and oxygen atoms in total. The average Bonchev–Trinajstić information content (AvgIpc) is 2.77. The Balaban J connectivity index is 1.46. The van der Waals surface area contributed by atoms with Crippen LogP contribution in [0.3, 0.4) is 0 Å². The monoisotopic (exact) mass is 428 g/mol. The Hall–Kier alpha value is -2.18. The smallest absolute Gasteiger partial charge is 0.124 e.